The first-order valence-electron chi connectivity index (χ1n) is 6.74. The van der Waals surface area contributed by atoms with Gasteiger partial charge in [0.1, 0.15) is 11.8 Å². The number of likely N-dealkylation sites (N-methyl/N-ethyl adjacent to an activating group) is 1. The van der Waals surface area contributed by atoms with Crippen molar-refractivity contribution >= 4 is 0 Å². The van der Waals surface area contributed by atoms with Crippen LogP contribution in [0.1, 0.15) is 11.3 Å². The summed E-state index contributed by atoms with van der Waals surface area (Å²) in [4.78, 5) is 8.77. The smallest absolute Gasteiger partial charge is 0.140 e. The Morgan fingerprint density at radius 3 is 3.00 bits per heavy atom. The molecule has 1 aromatic heterocycles. The van der Waals surface area contributed by atoms with Gasteiger partial charge in [-0.15, -0.1) is 0 Å². The number of hydrogen-bond donors (Lipinski definition) is 1. The highest BCUT2D eigenvalue weighted by Crippen LogP contribution is 2.04. The summed E-state index contributed by atoms with van der Waals surface area (Å²) in [5, 5.41) is 12.2. The Kier molecular flexibility index (Phi) is 5.28. The number of aromatic nitrogens is 1. The highest BCUT2D eigenvalue weighted by molar-refractivity contribution is 5.25. The number of hydrogen-bond acceptors (Lipinski definition) is 5. The van der Waals surface area contributed by atoms with Crippen LogP contribution in [0.15, 0.2) is 18.3 Å². The lowest BCUT2D eigenvalue weighted by Crippen LogP contribution is -2.45. The predicted octanol–water partition coefficient (Wildman–Crippen LogP) is 0.290. The molecule has 1 aromatic rings. The summed E-state index contributed by atoms with van der Waals surface area (Å²) in [6, 6.07) is 5.92. The molecular weight excluding hydrogens is 238 g/mol. The third-order valence-electron chi connectivity index (χ3n) is 3.40. The van der Waals surface area contributed by atoms with Crippen LogP contribution < -0.4 is 5.32 Å². The molecular formula is C14H21N5. The van der Waals surface area contributed by atoms with Gasteiger partial charge in [0, 0.05) is 52.0 Å². The minimum atomic E-state index is 0.494. The molecule has 1 fully saturated rings. The number of nitriles is 1. The van der Waals surface area contributed by atoms with Gasteiger partial charge in [0.05, 0.1) is 0 Å². The van der Waals surface area contributed by atoms with Gasteiger partial charge in [-0.2, -0.15) is 5.26 Å². The van der Waals surface area contributed by atoms with Crippen molar-refractivity contribution in [3.05, 3.63) is 29.6 Å². The lowest BCUT2D eigenvalue weighted by atomic mass is 10.2. The van der Waals surface area contributed by atoms with Crippen LogP contribution in [0.2, 0.25) is 0 Å². The normalized spacial score (nSPS) is 16.5. The van der Waals surface area contributed by atoms with Crippen molar-refractivity contribution in [3.8, 4) is 6.07 Å². The summed E-state index contributed by atoms with van der Waals surface area (Å²) < 4.78 is 0. The number of piperazine rings is 1. The predicted molar refractivity (Wildman–Crippen MR) is 74.6 cm³/mol. The molecule has 2 rings (SSSR count). The first-order chi connectivity index (χ1) is 9.28. The van der Waals surface area contributed by atoms with Crippen LogP contribution >= 0.6 is 0 Å². The summed E-state index contributed by atoms with van der Waals surface area (Å²) in [5.41, 5.74) is 1.64. The van der Waals surface area contributed by atoms with Gasteiger partial charge in [-0.25, -0.2) is 4.98 Å². The molecule has 0 unspecified atom stereocenters. The third kappa shape index (κ3) is 4.60. The van der Waals surface area contributed by atoms with E-state index >= 15 is 0 Å². The summed E-state index contributed by atoms with van der Waals surface area (Å²) in [7, 11) is 2.12. The van der Waals surface area contributed by atoms with Gasteiger partial charge in [0.25, 0.3) is 0 Å². The molecule has 0 aromatic carbocycles. The molecule has 1 N–H and O–H groups in total. The molecule has 2 heterocycles. The topological polar surface area (TPSA) is 55.2 Å². The van der Waals surface area contributed by atoms with Gasteiger partial charge in [-0.3, -0.25) is 4.90 Å². The largest absolute Gasteiger partial charge is 0.314 e. The van der Waals surface area contributed by atoms with Crippen LogP contribution in [0, 0.1) is 11.3 Å². The zero-order valence-electron chi connectivity index (χ0n) is 11.5. The Bertz CT molecular complexity index is 434. The lowest BCUT2D eigenvalue weighted by molar-refractivity contribution is 0.202. The third-order valence-corrected chi connectivity index (χ3v) is 3.40. The first-order valence-corrected chi connectivity index (χ1v) is 6.74. The van der Waals surface area contributed by atoms with E-state index in [1.54, 1.807) is 6.20 Å². The van der Waals surface area contributed by atoms with E-state index in [9.17, 15) is 0 Å². The van der Waals surface area contributed by atoms with E-state index in [4.69, 9.17) is 5.26 Å². The molecule has 0 aliphatic carbocycles. The van der Waals surface area contributed by atoms with Crippen LogP contribution in [0.25, 0.3) is 0 Å². The Morgan fingerprint density at radius 1 is 1.47 bits per heavy atom. The minimum absolute atomic E-state index is 0.494. The maximum Gasteiger partial charge on any atom is 0.140 e. The van der Waals surface area contributed by atoms with Crippen molar-refractivity contribution in [2.24, 2.45) is 0 Å². The molecule has 0 amide bonds. The quantitative estimate of drug-likeness (QED) is 0.824. The average Bonchev–Trinajstić information content (AvgIpc) is 2.46. The number of pyridine rings is 1. The highest BCUT2D eigenvalue weighted by atomic mass is 15.2. The molecule has 102 valence electrons. The van der Waals surface area contributed by atoms with Gasteiger partial charge in [-0.1, -0.05) is 0 Å². The van der Waals surface area contributed by atoms with E-state index in [2.05, 4.69) is 33.2 Å². The monoisotopic (exact) mass is 259 g/mol. The van der Waals surface area contributed by atoms with Crippen molar-refractivity contribution in [3.63, 3.8) is 0 Å². The van der Waals surface area contributed by atoms with Gasteiger partial charge in [0.15, 0.2) is 0 Å². The fourth-order valence-corrected chi connectivity index (χ4v) is 2.27. The van der Waals surface area contributed by atoms with Crippen LogP contribution in [-0.2, 0) is 6.54 Å². The van der Waals surface area contributed by atoms with E-state index < -0.39 is 0 Å². The first kappa shape index (κ1) is 13.9. The Hall–Kier alpha value is -1.48. The molecule has 0 saturated carbocycles. The van der Waals surface area contributed by atoms with Gasteiger partial charge >= 0.3 is 0 Å². The zero-order valence-corrected chi connectivity index (χ0v) is 11.5. The standard InChI is InChI=1S/C14H21N5/c1-18(8-9-19-6-4-16-5-7-19)12-13-2-3-17-14(10-13)11-15/h2-3,10,16H,4-9,12H2,1H3. The SMILES string of the molecule is CN(CCN1CCNCC1)Cc1ccnc(C#N)c1. The van der Waals surface area contributed by atoms with E-state index in [1.807, 2.05) is 12.1 Å². The van der Waals surface area contributed by atoms with Crippen LogP contribution in [-0.4, -0.2) is 61.1 Å². The lowest BCUT2D eigenvalue weighted by Gasteiger charge is -2.29. The Balaban J connectivity index is 1.77. The number of rotatable bonds is 5. The summed E-state index contributed by atoms with van der Waals surface area (Å²) in [6.45, 7) is 7.49. The van der Waals surface area contributed by atoms with Crippen molar-refractivity contribution in [1.29, 1.82) is 5.26 Å². The highest BCUT2D eigenvalue weighted by Gasteiger charge is 2.10. The second kappa shape index (κ2) is 7.19. The van der Waals surface area contributed by atoms with Crippen molar-refractivity contribution in [2.75, 3.05) is 46.3 Å². The molecule has 1 saturated heterocycles. The van der Waals surface area contributed by atoms with E-state index in [0.29, 0.717) is 5.69 Å². The molecule has 0 radical (unpaired) electrons. The van der Waals surface area contributed by atoms with Crippen LogP contribution in [0.4, 0.5) is 0 Å². The molecule has 1 aliphatic rings. The van der Waals surface area contributed by atoms with Gasteiger partial charge in [0.2, 0.25) is 0 Å². The maximum absolute atomic E-state index is 8.83. The molecule has 1 aliphatic heterocycles. The van der Waals surface area contributed by atoms with Gasteiger partial charge < -0.3 is 10.2 Å². The molecule has 5 nitrogen and oxygen atoms in total. The fraction of sp³-hybridized carbons (Fsp3) is 0.571. The fourth-order valence-electron chi connectivity index (χ4n) is 2.27. The van der Waals surface area contributed by atoms with E-state index in [1.165, 1.54) is 0 Å². The van der Waals surface area contributed by atoms with Crippen molar-refractivity contribution < 1.29 is 0 Å². The Morgan fingerprint density at radius 2 is 2.26 bits per heavy atom. The van der Waals surface area contributed by atoms with Gasteiger partial charge in [-0.05, 0) is 24.7 Å². The van der Waals surface area contributed by atoms with Crippen LogP contribution in [0.3, 0.4) is 0 Å². The maximum atomic E-state index is 8.83. The van der Waals surface area contributed by atoms with Crippen LogP contribution in [0.5, 0.6) is 0 Å². The molecule has 0 spiro atoms. The summed E-state index contributed by atoms with van der Waals surface area (Å²) in [6.07, 6.45) is 1.71. The molecule has 5 heteroatoms. The molecule has 0 bridgehead atoms. The molecule has 19 heavy (non-hydrogen) atoms. The van der Waals surface area contributed by atoms with E-state index in [-0.39, 0.29) is 0 Å². The van der Waals surface area contributed by atoms with Crippen molar-refractivity contribution in [1.82, 2.24) is 20.1 Å². The average molecular weight is 259 g/mol. The second-order valence-electron chi connectivity index (χ2n) is 4.99. The summed E-state index contributed by atoms with van der Waals surface area (Å²) in [5.74, 6) is 0. The van der Waals surface area contributed by atoms with E-state index in [0.717, 1.165) is 51.4 Å². The number of nitrogens with zero attached hydrogens (tertiary/aromatic N) is 4. The Labute approximate surface area is 114 Å². The molecule has 0 atom stereocenters. The summed E-state index contributed by atoms with van der Waals surface area (Å²) >= 11 is 0. The second-order valence-corrected chi connectivity index (χ2v) is 4.99. The minimum Gasteiger partial charge on any atom is -0.314 e. The zero-order chi connectivity index (χ0) is 13.5. The van der Waals surface area contributed by atoms with Crippen molar-refractivity contribution in [2.45, 2.75) is 6.54 Å². The number of nitrogens with one attached hydrogen (secondary N) is 1.